The lowest BCUT2D eigenvalue weighted by atomic mass is 9.92. The van der Waals surface area contributed by atoms with E-state index in [1.54, 1.807) is 0 Å². The van der Waals surface area contributed by atoms with Gasteiger partial charge in [-0.05, 0) is 42.8 Å². The molecule has 0 aliphatic heterocycles. The first-order valence-electron chi connectivity index (χ1n) is 6.21. The number of hydrogen-bond donors (Lipinski definition) is 0. The van der Waals surface area contributed by atoms with E-state index in [-0.39, 0.29) is 0 Å². The van der Waals surface area contributed by atoms with Gasteiger partial charge in [0.05, 0.1) is 0 Å². The lowest BCUT2D eigenvalue weighted by Gasteiger charge is -2.38. The van der Waals surface area contributed by atoms with Gasteiger partial charge in [0.2, 0.25) is 0 Å². The molecule has 1 saturated carbocycles. The van der Waals surface area contributed by atoms with E-state index >= 15 is 0 Å². The lowest BCUT2D eigenvalue weighted by molar-refractivity contribution is 0.173. The van der Waals surface area contributed by atoms with Crippen molar-refractivity contribution in [2.45, 2.75) is 78.1 Å². The third-order valence-electron chi connectivity index (χ3n) is 4.19. The van der Waals surface area contributed by atoms with E-state index in [0.717, 1.165) is 0 Å². The van der Waals surface area contributed by atoms with Crippen molar-refractivity contribution in [3.63, 3.8) is 0 Å². The first-order valence-corrected chi connectivity index (χ1v) is 9.12. The average Bonchev–Trinajstić information content (AvgIpc) is 2.26. The van der Waals surface area contributed by atoms with Crippen LogP contribution < -0.4 is 0 Å². The Morgan fingerprint density at radius 2 is 1.73 bits per heavy atom. The molecule has 2 heteroatoms. The molecule has 0 aromatic rings. The van der Waals surface area contributed by atoms with Crippen LogP contribution in [0.15, 0.2) is 0 Å². The fraction of sp³-hybridized carbons (Fsp3) is 1.00. The van der Waals surface area contributed by atoms with Gasteiger partial charge in [-0.25, -0.2) is 0 Å². The van der Waals surface area contributed by atoms with E-state index < -0.39 is 8.32 Å². The molecule has 0 radical (unpaired) electrons. The molecule has 1 nitrogen and oxygen atoms in total. The molecule has 0 aromatic carbocycles. The van der Waals surface area contributed by atoms with Crippen molar-refractivity contribution in [1.29, 1.82) is 0 Å². The van der Waals surface area contributed by atoms with Gasteiger partial charge in [0, 0.05) is 6.10 Å². The molecule has 0 heterocycles. The van der Waals surface area contributed by atoms with Crippen LogP contribution in [0.3, 0.4) is 0 Å². The highest BCUT2D eigenvalue weighted by Gasteiger charge is 2.41. The Labute approximate surface area is 96.7 Å². The quantitative estimate of drug-likeness (QED) is 0.628. The van der Waals surface area contributed by atoms with E-state index in [0.29, 0.717) is 16.6 Å². The summed E-state index contributed by atoms with van der Waals surface area (Å²) < 4.78 is 6.44. The first kappa shape index (κ1) is 13.2. The van der Waals surface area contributed by atoms with Crippen molar-refractivity contribution >= 4 is 8.32 Å². The SMILES string of the molecule is CC1(C)CCC(O[Si](C)(C)C(C)(C)C)C1. The van der Waals surface area contributed by atoms with Gasteiger partial charge in [-0.15, -0.1) is 0 Å². The standard InChI is InChI=1S/C13H28OSi/c1-12(2,3)15(6,7)14-11-8-9-13(4,5)10-11/h11H,8-10H2,1-7H3. The van der Waals surface area contributed by atoms with Crippen LogP contribution in [0.4, 0.5) is 0 Å². The molecular formula is C13H28OSi. The van der Waals surface area contributed by atoms with Crippen LogP contribution in [0, 0.1) is 5.41 Å². The van der Waals surface area contributed by atoms with Gasteiger partial charge in [0.25, 0.3) is 0 Å². The molecule has 15 heavy (non-hydrogen) atoms. The van der Waals surface area contributed by atoms with E-state index in [2.05, 4.69) is 47.7 Å². The minimum absolute atomic E-state index is 0.347. The van der Waals surface area contributed by atoms with Gasteiger partial charge in [0.15, 0.2) is 8.32 Å². The maximum Gasteiger partial charge on any atom is 0.192 e. The Balaban J connectivity index is 2.57. The summed E-state index contributed by atoms with van der Waals surface area (Å²) in [4.78, 5) is 0. The third-order valence-corrected chi connectivity index (χ3v) is 8.73. The maximum atomic E-state index is 6.44. The van der Waals surface area contributed by atoms with E-state index in [9.17, 15) is 0 Å². The van der Waals surface area contributed by atoms with E-state index in [1.165, 1.54) is 19.3 Å². The largest absolute Gasteiger partial charge is 0.414 e. The second kappa shape index (κ2) is 3.88. The molecule has 1 unspecified atom stereocenters. The normalized spacial score (nSPS) is 27.0. The summed E-state index contributed by atoms with van der Waals surface area (Å²) in [6.45, 7) is 16.4. The van der Waals surface area contributed by atoms with Crippen molar-refractivity contribution in [1.82, 2.24) is 0 Å². The summed E-state index contributed by atoms with van der Waals surface area (Å²) in [5.41, 5.74) is 0.507. The van der Waals surface area contributed by atoms with E-state index in [1.807, 2.05) is 0 Å². The molecule has 1 rings (SSSR count). The van der Waals surface area contributed by atoms with Gasteiger partial charge in [-0.3, -0.25) is 0 Å². The van der Waals surface area contributed by atoms with Crippen LogP contribution >= 0.6 is 0 Å². The van der Waals surface area contributed by atoms with Crippen molar-refractivity contribution in [3.05, 3.63) is 0 Å². The lowest BCUT2D eigenvalue weighted by Crippen LogP contribution is -2.43. The molecule has 1 fully saturated rings. The van der Waals surface area contributed by atoms with Crippen LogP contribution in [0.1, 0.15) is 53.9 Å². The summed E-state index contributed by atoms with van der Waals surface area (Å²) in [6.07, 6.45) is 4.37. The van der Waals surface area contributed by atoms with Gasteiger partial charge in [-0.1, -0.05) is 34.6 Å². The Kier molecular flexibility index (Phi) is 3.43. The smallest absolute Gasteiger partial charge is 0.192 e. The second-order valence-electron chi connectivity index (χ2n) is 7.41. The summed E-state index contributed by atoms with van der Waals surface area (Å²) in [5.74, 6) is 0. The predicted octanol–water partition coefficient (Wildman–Crippen LogP) is 4.59. The van der Waals surface area contributed by atoms with Crippen LogP contribution in [-0.4, -0.2) is 14.4 Å². The molecule has 0 saturated heterocycles. The van der Waals surface area contributed by atoms with Crippen molar-refractivity contribution in [2.24, 2.45) is 5.41 Å². The van der Waals surface area contributed by atoms with Crippen LogP contribution in [0.5, 0.6) is 0 Å². The van der Waals surface area contributed by atoms with E-state index in [4.69, 9.17) is 4.43 Å². The molecule has 0 spiro atoms. The van der Waals surface area contributed by atoms with Crippen LogP contribution in [0.2, 0.25) is 18.1 Å². The highest BCUT2D eigenvalue weighted by molar-refractivity contribution is 6.74. The zero-order valence-electron chi connectivity index (χ0n) is 11.6. The van der Waals surface area contributed by atoms with Crippen molar-refractivity contribution in [2.75, 3.05) is 0 Å². The highest BCUT2D eigenvalue weighted by atomic mass is 28.4. The van der Waals surface area contributed by atoms with Gasteiger partial charge in [0.1, 0.15) is 0 Å². The first-order chi connectivity index (χ1) is 6.54. The summed E-state index contributed by atoms with van der Waals surface area (Å²) in [5, 5.41) is 0.347. The topological polar surface area (TPSA) is 9.23 Å². The number of rotatable bonds is 2. The molecule has 0 aromatic heterocycles. The van der Waals surface area contributed by atoms with Gasteiger partial charge >= 0.3 is 0 Å². The fourth-order valence-corrected chi connectivity index (χ4v) is 3.45. The summed E-state index contributed by atoms with van der Waals surface area (Å²) >= 11 is 0. The summed E-state index contributed by atoms with van der Waals surface area (Å²) in [7, 11) is -1.53. The average molecular weight is 228 g/mol. The zero-order chi connectivity index (χ0) is 11.9. The van der Waals surface area contributed by atoms with Crippen molar-refractivity contribution < 1.29 is 4.43 Å². The van der Waals surface area contributed by atoms with Crippen LogP contribution in [0.25, 0.3) is 0 Å². The summed E-state index contributed by atoms with van der Waals surface area (Å²) in [6, 6.07) is 0. The molecule has 0 N–H and O–H groups in total. The Morgan fingerprint density at radius 1 is 1.20 bits per heavy atom. The highest BCUT2D eigenvalue weighted by Crippen LogP contribution is 2.43. The molecule has 1 atom stereocenters. The Morgan fingerprint density at radius 3 is 2.07 bits per heavy atom. The maximum absolute atomic E-state index is 6.44. The Hall–Kier alpha value is 0.177. The fourth-order valence-electron chi connectivity index (χ4n) is 2.07. The number of hydrogen-bond acceptors (Lipinski definition) is 1. The minimum atomic E-state index is -1.53. The van der Waals surface area contributed by atoms with Crippen molar-refractivity contribution in [3.8, 4) is 0 Å². The second-order valence-corrected chi connectivity index (χ2v) is 12.2. The predicted molar refractivity (Wildman–Crippen MR) is 69.7 cm³/mol. The molecule has 1 aliphatic carbocycles. The van der Waals surface area contributed by atoms with Gasteiger partial charge < -0.3 is 4.43 Å². The van der Waals surface area contributed by atoms with Gasteiger partial charge in [-0.2, -0.15) is 0 Å². The molecule has 1 aliphatic rings. The molecule has 90 valence electrons. The Bertz CT molecular complexity index is 225. The minimum Gasteiger partial charge on any atom is -0.414 e. The monoisotopic (exact) mass is 228 g/mol. The zero-order valence-corrected chi connectivity index (χ0v) is 12.6. The molecule has 0 amide bonds. The third kappa shape index (κ3) is 3.32. The molecular weight excluding hydrogens is 200 g/mol. The van der Waals surface area contributed by atoms with Crippen LogP contribution in [-0.2, 0) is 4.43 Å². The molecule has 0 bridgehead atoms.